The van der Waals surface area contributed by atoms with Gasteiger partial charge < -0.3 is 16.2 Å². The Morgan fingerprint density at radius 3 is 3.00 bits per heavy atom. The molecule has 0 radical (unpaired) electrons. The predicted octanol–water partition coefficient (Wildman–Crippen LogP) is -0.0929. The fourth-order valence-corrected chi connectivity index (χ4v) is 1.28. The lowest BCUT2D eigenvalue weighted by atomic mass is 10.3. The van der Waals surface area contributed by atoms with Crippen LogP contribution in [0.3, 0.4) is 0 Å². The minimum atomic E-state index is -0.966. The van der Waals surface area contributed by atoms with Crippen molar-refractivity contribution in [1.82, 2.24) is 5.32 Å². The third-order valence-corrected chi connectivity index (χ3v) is 2.30. The van der Waals surface area contributed by atoms with E-state index < -0.39 is 12.0 Å². The number of rotatable bonds is 8. The molecule has 1 unspecified atom stereocenters. The van der Waals surface area contributed by atoms with Crippen molar-refractivity contribution in [2.75, 3.05) is 24.6 Å². The van der Waals surface area contributed by atoms with Gasteiger partial charge in [0, 0.05) is 24.6 Å². The molecular weight excluding hydrogens is 188 g/mol. The molecule has 0 aromatic rings. The first-order valence-corrected chi connectivity index (χ1v) is 5.21. The van der Waals surface area contributed by atoms with Crippen molar-refractivity contribution in [2.24, 2.45) is 5.73 Å². The Morgan fingerprint density at radius 1 is 1.77 bits per heavy atom. The van der Waals surface area contributed by atoms with Gasteiger partial charge >= 0.3 is 5.97 Å². The third kappa shape index (κ3) is 7.83. The van der Waals surface area contributed by atoms with Crippen LogP contribution in [0.1, 0.15) is 0 Å². The number of carboxylic acids is 1. The van der Waals surface area contributed by atoms with Crippen LogP contribution in [0.4, 0.5) is 0 Å². The average Bonchev–Trinajstić information content (AvgIpc) is 2.10. The van der Waals surface area contributed by atoms with Gasteiger partial charge in [0.1, 0.15) is 6.04 Å². The smallest absolute Gasteiger partial charge is 0.321 e. The highest BCUT2D eigenvalue weighted by Gasteiger charge is 2.09. The average molecular weight is 204 g/mol. The van der Waals surface area contributed by atoms with Gasteiger partial charge in [0.15, 0.2) is 0 Å². The van der Waals surface area contributed by atoms with Crippen LogP contribution < -0.4 is 11.1 Å². The first-order valence-electron chi connectivity index (χ1n) is 4.06. The summed E-state index contributed by atoms with van der Waals surface area (Å²) in [6.45, 7) is 4.69. The van der Waals surface area contributed by atoms with Gasteiger partial charge in [-0.25, -0.2) is 0 Å². The van der Waals surface area contributed by atoms with Crippen LogP contribution in [-0.2, 0) is 4.79 Å². The molecule has 0 aliphatic heterocycles. The summed E-state index contributed by atoms with van der Waals surface area (Å²) in [5.41, 5.74) is 5.27. The molecule has 4 N–H and O–H groups in total. The molecule has 0 aliphatic carbocycles. The molecule has 0 aliphatic rings. The van der Waals surface area contributed by atoms with Crippen LogP contribution in [0, 0.1) is 0 Å². The van der Waals surface area contributed by atoms with Crippen molar-refractivity contribution in [3.63, 3.8) is 0 Å². The number of nitrogens with two attached hydrogens (primary N) is 1. The summed E-state index contributed by atoms with van der Waals surface area (Å²) in [4.78, 5) is 10.3. The quantitative estimate of drug-likeness (QED) is 0.380. The van der Waals surface area contributed by atoms with E-state index in [0.717, 1.165) is 18.1 Å². The van der Waals surface area contributed by atoms with Crippen molar-refractivity contribution in [2.45, 2.75) is 6.04 Å². The van der Waals surface area contributed by atoms with Crippen molar-refractivity contribution in [3.05, 3.63) is 12.7 Å². The van der Waals surface area contributed by atoms with Crippen LogP contribution in [-0.4, -0.2) is 41.7 Å². The lowest BCUT2D eigenvalue weighted by Gasteiger charge is -2.07. The zero-order valence-electron chi connectivity index (χ0n) is 7.53. The first kappa shape index (κ1) is 12.5. The summed E-state index contributed by atoms with van der Waals surface area (Å²) < 4.78 is 0. The van der Waals surface area contributed by atoms with Crippen LogP contribution in [0.2, 0.25) is 0 Å². The van der Waals surface area contributed by atoms with Gasteiger partial charge in [-0.3, -0.25) is 4.79 Å². The molecule has 13 heavy (non-hydrogen) atoms. The second-order valence-electron chi connectivity index (χ2n) is 2.51. The Balaban J connectivity index is 3.15. The summed E-state index contributed by atoms with van der Waals surface area (Å²) in [7, 11) is 0. The summed E-state index contributed by atoms with van der Waals surface area (Å²) in [5.74, 6) is 0.900. The van der Waals surface area contributed by atoms with E-state index in [4.69, 9.17) is 10.8 Å². The zero-order valence-corrected chi connectivity index (χ0v) is 8.35. The molecule has 0 saturated heterocycles. The lowest BCUT2D eigenvalue weighted by molar-refractivity contribution is -0.138. The highest BCUT2D eigenvalue weighted by molar-refractivity contribution is 7.99. The van der Waals surface area contributed by atoms with Crippen LogP contribution >= 0.6 is 11.8 Å². The Bertz CT molecular complexity index is 164. The molecule has 4 nitrogen and oxygen atoms in total. The fraction of sp³-hybridized carbons (Fsp3) is 0.625. The predicted molar refractivity (Wildman–Crippen MR) is 56.0 cm³/mol. The summed E-state index contributed by atoms with van der Waals surface area (Å²) in [5, 5.41) is 11.4. The van der Waals surface area contributed by atoms with Gasteiger partial charge in [0.05, 0.1) is 0 Å². The first-order chi connectivity index (χ1) is 6.18. The van der Waals surface area contributed by atoms with Gasteiger partial charge in [-0.05, 0) is 0 Å². The maximum absolute atomic E-state index is 10.3. The molecular formula is C8H16N2O2S. The Hall–Kier alpha value is -0.520. The molecule has 0 bridgehead atoms. The summed E-state index contributed by atoms with van der Waals surface area (Å²) in [6.07, 6.45) is 1.84. The molecule has 0 spiro atoms. The van der Waals surface area contributed by atoms with E-state index in [9.17, 15) is 4.79 Å². The van der Waals surface area contributed by atoms with E-state index in [1.165, 1.54) is 0 Å². The van der Waals surface area contributed by atoms with Gasteiger partial charge in [-0.1, -0.05) is 6.08 Å². The second-order valence-corrected chi connectivity index (χ2v) is 3.66. The molecule has 76 valence electrons. The highest BCUT2D eigenvalue weighted by Crippen LogP contribution is 1.96. The highest BCUT2D eigenvalue weighted by atomic mass is 32.2. The summed E-state index contributed by atoms with van der Waals surface area (Å²) >= 11 is 1.74. The molecule has 0 fully saturated rings. The molecule has 0 heterocycles. The van der Waals surface area contributed by atoms with Gasteiger partial charge in [0.25, 0.3) is 0 Å². The maximum Gasteiger partial charge on any atom is 0.321 e. The molecule has 5 heteroatoms. The largest absolute Gasteiger partial charge is 0.480 e. The molecule has 0 aromatic heterocycles. The molecule has 1 atom stereocenters. The summed E-state index contributed by atoms with van der Waals surface area (Å²) in [6, 6.07) is -0.801. The van der Waals surface area contributed by atoms with Crippen LogP contribution in [0.25, 0.3) is 0 Å². The van der Waals surface area contributed by atoms with Crippen molar-refractivity contribution in [3.8, 4) is 0 Å². The standard InChI is InChI=1S/C8H16N2O2S/c1-2-4-13-5-3-10-6-7(9)8(11)12/h2,7,10H,1,3-6,9H2,(H,11,12). The minimum absolute atomic E-state index is 0.323. The Labute approximate surface area is 82.6 Å². The normalized spacial score (nSPS) is 12.4. The van der Waals surface area contributed by atoms with Gasteiger partial charge in [0.2, 0.25) is 0 Å². The Morgan fingerprint density at radius 2 is 2.46 bits per heavy atom. The van der Waals surface area contributed by atoms with E-state index >= 15 is 0 Å². The number of aliphatic carboxylic acids is 1. The number of carbonyl (C=O) groups is 1. The zero-order chi connectivity index (χ0) is 10.1. The topological polar surface area (TPSA) is 75.3 Å². The molecule has 0 rings (SSSR count). The van der Waals surface area contributed by atoms with Crippen molar-refractivity contribution in [1.29, 1.82) is 0 Å². The second kappa shape index (κ2) is 8.10. The SMILES string of the molecule is C=CCSCCNCC(N)C(=O)O. The monoisotopic (exact) mass is 204 g/mol. The van der Waals surface area contributed by atoms with Gasteiger partial charge in [-0.2, -0.15) is 11.8 Å². The lowest BCUT2D eigenvalue weighted by Crippen LogP contribution is -2.40. The van der Waals surface area contributed by atoms with E-state index in [-0.39, 0.29) is 0 Å². The van der Waals surface area contributed by atoms with E-state index in [0.29, 0.717) is 6.54 Å². The van der Waals surface area contributed by atoms with E-state index in [1.807, 2.05) is 6.08 Å². The van der Waals surface area contributed by atoms with Crippen LogP contribution in [0.15, 0.2) is 12.7 Å². The van der Waals surface area contributed by atoms with E-state index in [1.54, 1.807) is 11.8 Å². The van der Waals surface area contributed by atoms with Crippen molar-refractivity contribution < 1.29 is 9.90 Å². The van der Waals surface area contributed by atoms with Crippen molar-refractivity contribution >= 4 is 17.7 Å². The fourth-order valence-electron chi connectivity index (χ4n) is 0.656. The number of hydrogen-bond donors (Lipinski definition) is 3. The third-order valence-electron chi connectivity index (χ3n) is 1.34. The minimum Gasteiger partial charge on any atom is -0.480 e. The van der Waals surface area contributed by atoms with Gasteiger partial charge in [-0.15, -0.1) is 6.58 Å². The molecule has 0 saturated carbocycles. The number of thioether (sulfide) groups is 1. The number of hydrogen-bond acceptors (Lipinski definition) is 4. The Kier molecular flexibility index (Phi) is 7.77. The van der Waals surface area contributed by atoms with Crippen LogP contribution in [0.5, 0.6) is 0 Å². The molecule has 0 amide bonds. The number of carboxylic acid groups (broad SMARTS) is 1. The molecule has 0 aromatic carbocycles. The van der Waals surface area contributed by atoms with E-state index in [2.05, 4.69) is 11.9 Å². The number of nitrogens with one attached hydrogen (secondary N) is 1. The maximum atomic E-state index is 10.3.